The number of nitrogens with zero attached hydrogens (tertiary/aromatic N) is 3. The molecule has 0 unspecified atom stereocenters. The maximum Gasteiger partial charge on any atom is 0.324 e. The van der Waals surface area contributed by atoms with E-state index in [1.807, 2.05) is 43.5 Å². The van der Waals surface area contributed by atoms with Crippen LogP contribution < -0.4 is 15.8 Å². The maximum absolute atomic E-state index is 12.6. The van der Waals surface area contributed by atoms with Crippen LogP contribution in [0.4, 0.5) is 4.79 Å². The van der Waals surface area contributed by atoms with Gasteiger partial charge in [-0.25, -0.2) is 9.79 Å². The molecule has 1 saturated carbocycles. The van der Waals surface area contributed by atoms with Crippen LogP contribution in [-0.4, -0.2) is 41.0 Å². The van der Waals surface area contributed by atoms with Gasteiger partial charge in [-0.3, -0.25) is 4.90 Å². The summed E-state index contributed by atoms with van der Waals surface area (Å²) in [6.07, 6.45) is 10.2. The van der Waals surface area contributed by atoms with Crippen molar-refractivity contribution in [2.45, 2.75) is 46.5 Å². The van der Waals surface area contributed by atoms with Gasteiger partial charge in [0.15, 0.2) is 0 Å². The molecule has 0 spiro atoms. The van der Waals surface area contributed by atoms with Crippen LogP contribution in [0.1, 0.15) is 46.5 Å². The van der Waals surface area contributed by atoms with Gasteiger partial charge in [-0.2, -0.15) is 4.37 Å². The smallest absolute Gasteiger partial charge is 0.324 e. The number of aliphatic imine (C=N–C) groups is 1. The Balaban J connectivity index is 2.10. The van der Waals surface area contributed by atoms with Crippen LogP contribution in [0, 0.1) is 11.8 Å². The molecule has 0 aliphatic heterocycles. The highest BCUT2D eigenvalue weighted by Crippen LogP contribution is 2.28. The molecule has 160 valence electrons. The van der Waals surface area contributed by atoms with Crippen molar-refractivity contribution >= 4 is 23.5 Å². The van der Waals surface area contributed by atoms with Crippen LogP contribution in [0.25, 0.3) is 0 Å². The lowest BCUT2D eigenvalue weighted by molar-refractivity contribution is 0.202. The van der Waals surface area contributed by atoms with E-state index < -0.39 is 0 Å². The number of amides is 2. The fourth-order valence-corrected chi connectivity index (χ4v) is 3.76. The lowest BCUT2D eigenvalue weighted by Crippen LogP contribution is -2.49. The largest absolute Gasteiger partial charge is 0.473 e. The third-order valence-corrected chi connectivity index (χ3v) is 5.49. The molecule has 0 bridgehead atoms. The highest BCUT2D eigenvalue weighted by Gasteiger charge is 2.25. The molecule has 3 N–H and O–H groups in total. The molecule has 1 aromatic heterocycles. The molecule has 7 nitrogen and oxygen atoms in total. The van der Waals surface area contributed by atoms with E-state index in [0.717, 1.165) is 18.8 Å². The zero-order valence-electron chi connectivity index (χ0n) is 17.6. The van der Waals surface area contributed by atoms with Gasteiger partial charge in [0.25, 0.3) is 0 Å². The third-order valence-electron chi connectivity index (χ3n) is 4.94. The number of rotatable bonds is 8. The normalized spacial score (nSPS) is 20.7. The molecule has 2 rings (SSSR count). The summed E-state index contributed by atoms with van der Waals surface area (Å²) in [5.41, 5.74) is 6.93. The maximum atomic E-state index is 12.6. The van der Waals surface area contributed by atoms with Gasteiger partial charge in [-0.1, -0.05) is 25.8 Å². The summed E-state index contributed by atoms with van der Waals surface area (Å²) in [7, 11) is 0. The number of nitrogens with two attached hydrogens (primary N) is 1. The van der Waals surface area contributed by atoms with E-state index in [1.165, 1.54) is 24.4 Å². The number of guanidine groups is 1. The Morgan fingerprint density at radius 1 is 1.45 bits per heavy atom. The minimum absolute atomic E-state index is 0.201. The van der Waals surface area contributed by atoms with E-state index in [0.29, 0.717) is 37.2 Å². The van der Waals surface area contributed by atoms with Gasteiger partial charge < -0.3 is 15.8 Å². The van der Waals surface area contributed by atoms with Gasteiger partial charge in [0.1, 0.15) is 6.61 Å². The SMILES string of the molecule is C/C=C\C(=C/COc1ccsn1)N=C(N)N(CC1CCC(C)CC1)C(=O)NCC. The standard InChI is InChI=1S/C21H33N5O2S/c1-4-6-18(11-13-28-19-12-14-29-25-19)24-20(22)26(21(27)23-5-2)15-17-9-7-16(3)8-10-17/h4,6,11-12,14,16-17H,5,7-10,13,15H2,1-3H3,(H2,22,24)(H,23,27)/b6-4-,18-11+. The zero-order chi connectivity index (χ0) is 21.1. The Kier molecular flexibility index (Phi) is 9.70. The highest BCUT2D eigenvalue weighted by atomic mass is 32.1. The number of aromatic nitrogens is 1. The average molecular weight is 420 g/mol. The molecule has 1 fully saturated rings. The van der Waals surface area contributed by atoms with Crippen LogP contribution in [0.15, 0.2) is 40.4 Å². The summed E-state index contributed by atoms with van der Waals surface area (Å²) < 4.78 is 9.68. The summed E-state index contributed by atoms with van der Waals surface area (Å²) in [5.74, 6) is 1.99. The Hall–Kier alpha value is -2.35. The van der Waals surface area contributed by atoms with Crippen LogP contribution >= 0.6 is 11.5 Å². The fourth-order valence-electron chi connectivity index (χ4n) is 3.30. The summed E-state index contributed by atoms with van der Waals surface area (Å²) >= 11 is 1.34. The minimum Gasteiger partial charge on any atom is -0.473 e. The van der Waals surface area contributed by atoms with Gasteiger partial charge in [0, 0.05) is 24.5 Å². The van der Waals surface area contributed by atoms with Crippen molar-refractivity contribution in [1.82, 2.24) is 14.6 Å². The molecular weight excluding hydrogens is 386 g/mol. The molecule has 0 atom stereocenters. The summed E-state index contributed by atoms with van der Waals surface area (Å²) in [6.45, 7) is 7.55. The number of hydrogen-bond donors (Lipinski definition) is 2. The number of carbonyl (C=O) groups excluding carboxylic acids is 1. The van der Waals surface area contributed by atoms with Crippen molar-refractivity contribution in [3.63, 3.8) is 0 Å². The predicted molar refractivity (Wildman–Crippen MR) is 119 cm³/mol. The molecular formula is C21H33N5O2S. The molecule has 2 amide bonds. The first-order valence-electron chi connectivity index (χ1n) is 10.3. The predicted octanol–water partition coefficient (Wildman–Crippen LogP) is 4.15. The number of urea groups is 1. The van der Waals surface area contributed by atoms with Crippen molar-refractivity contribution in [2.75, 3.05) is 19.7 Å². The van der Waals surface area contributed by atoms with Crippen molar-refractivity contribution in [3.05, 3.63) is 35.4 Å². The second-order valence-electron chi connectivity index (χ2n) is 7.32. The van der Waals surface area contributed by atoms with Gasteiger partial charge in [-0.05, 0) is 62.2 Å². The van der Waals surface area contributed by atoms with Crippen LogP contribution in [0.2, 0.25) is 0 Å². The van der Waals surface area contributed by atoms with Gasteiger partial charge in [0.05, 0.1) is 5.70 Å². The Morgan fingerprint density at radius 3 is 2.83 bits per heavy atom. The van der Waals surface area contributed by atoms with Gasteiger partial charge in [-0.15, -0.1) is 0 Å². The average Bonchev–Trinajstić information content (AvgIpc) is 3.21. The lowest BCUT2D eigenvalue weighted by atomic mass is 9.83. The zero-order valence-corrected chi connectivity index (χ0v) is 18.5. The van der Waals surface area contributed by atoms with Crippen molar-refractivity contribution in [1.29, 1.82) is 0 Å². The first kappa shape index (κ1) is 22.9. The molecule has 1 aliphatic rings. The molecule has 0 radical (unpaired) electrons. The molecule has 0 saturated heterocycles. The summed E-state index contributed by atoms with van der Waals surface area (Å²) in [6, 6.07) is 1.61. The van der Waals surface area contributed by atoms with Crippen molar-refractivity contribution < 1.29 is 9.53 Å². The van der Waals surface area contributed by atoms with E-state index in [2.05, 4.69) is 21.6 Å². The van der Waals surface area contributed by atoms with Crippen molar-refractivity contribution in [2.24, 2.45) is 22.6 Å². The minimum atomic E-state index is -0.203. The molecule has 0 aromatic carbocycles. The Labute approximate surface area is 177 Å². The molecule has 1 aliphatic carbocycles. The first-order valence-corrected chi connectivity index (χ1v) is 11.1. The lowest BCUT2D eigenvalue weighted by Gasteiger charge is -2.31. The Bertz CT molecular complexity index is 707. The van der Waals surface area contributed by atoms with Crippen LogP contribution in [-0.2, 0) is 0 Å². The third kappa shape index (κ3) is 7.89. The molecule has 8 heteroatoms. The van der Waals surface area contributed by atoms with E-state index in [9.17, 15) is 4.79 Å². The quantitative estimate of drug-likeness (QED) is 0.376. The Morgan fingerprint density at radius 2 is 2.21 bits per heavy atom. The number of allylic oxidation sites excluding steroid dienone is 2. The second kappa shape index (κ2) is 12.3. The van der Waals surface area contributed by atoms with Crippen molar-refractivity contribution in [3.8, 4) is 5.88 Å². The molecule has 29 heavy (non-hydrogen) atoms. The monoisotopic (exact) mass is 419 g/mol. The van der Waals surface area contributed by atoms with E-state index in [1.54, 1.807) is 4.90 Å². The van der Waals surface area contributed by atoms with E-state index in [-0.39, 0.29) is 12.0 Å². The van der Waals surface area contributed by atoms with Crippen LogP contribution in [0.5, 0.6) is 5.88 Å². The molecule has 1 heterocycles. The van der Waals surface area contributed by atoms with Crippen LogP contribution in [0.3, 0.4) is 0 Å². The molecule has 1 aromatic rings. The first-order chi connectivity index (χ1) is 14.0. The number of nitrogens with one attached hydrogen (secondary N) is 1. The topological polar surface area (TPSA) is 92.8 Å². The van der Waals surface area contributed by atoms with E-state index in [4.69, 9.17) is 10.5 Å². The highest BCUT2D eigenvalue weighted by molar-refractivity contribution is 7.03. The number of carbonyl (C=O) groups is 1. The number of ether oxygens (including phenoxy) is 1. The fraction of sp³-hybridized carbons (Fsp3) is 0.571. The summed E-state index contributed by atoms with van der Waals surface area (Å²) in [5, 5.41) is 4.71. The number of hydrogen-bond acceptors (Lipinski definition) is 5. The van der Waals surface area contributed by atoms with Gasteiger partial charge >= 0.3 is 6.03 Å². The second-order valence-corrected chi connectivity index (χ2v) is 7.99. The van der Waals surface area contributed by atoms with Gasteiger partial charge in [0.2, 0.25) is 11.8 Å². The summed E-state index contributed by atoms with van der Waals surface area (Å²) in [4.78, 5) is 18.7. The van der Waals surface area contributed by atoms with E-state index >= 15 is 0 Å².